The van der Waals surface area contributed by atoms with E-state index >= 15 is 0 Å². The lowest BCUT2D eigenvalue weighted by molar-refractivity contribution is 0.421. The Morgan fingerprint density at radius 1 is 1.09 bits per heavy atom. The summed E-state index contributed by atoms with van der Waals surface area (Å²) in [4.78, 5) is 4.28. The van der Waals surface area contributed by atoms with Gasteiger partial charge in [0.2, 0.25) is 5.88 Å². The van der Waals surface area contributed by atoms with Gasteiger partial charge in [-0.1, -0.05) is 24.3 Å². The second-order valence-electron chi connectivity index (χ2n) is 5.74. The van der Waals surface area contributed by atoms with E-state index in [0.29, 0.717) is 5.82 Å². The molecular weight excluding hydrogens is 288 g/mol. The first kappa shape index (κ1) is 13.8. The van der Waals surface area contributed by atoms with Gasteiger partial charge < -0.3 is 10.4 Å². The van der Waals surface area contributed by atoms with Gasteiger partial charge >= 0.3 is 0 Å². The van der Waals surface area contributed by atoms with Gasteiger partial charge in [-0.15, -0.1) is 0 Å². The Bertz CT molecular complexity index is 799. The zero-order valence-electron chi connectivity index (χ0n) is 12.7. The number of para-hydroxylation sites is 1. The zero-order chi connectivity index (χ0) is 15.6. The van der Waals surface area contributed by atoms with Crippen LogP contribution in [-0.4, -0.2) is 19.9 Å². The van der Waals surface area contributed by atoms with E-state index in [9.17, 15) is 5.11 Å². The number of aromatic nitrogens is 3. The number of fused-ring (bicyclic) bond motifs is 1. The maximum atomic E-state index is 10.7. The number of anilines is 1. The molecule has 0 bridgehead atoms. The maximum absolute atomic E-state index is 10.7. The molecule has 23 heavy (non-hydrogen) atoms. The Morgan fingerprint density at radius 3 is 2.70 bits per heavy atom. The van der Waals surface area contributed by atoms with E-state index in [2.05, 4.69) is 15.4 Å². The number of aryl methyl sites for hydroxylation is 1. The van der Waals surface area contributed by atoms with Crippen molar-refractivity contribution in [3.8, 4) is 11.7 Å². The van der Waals surface area contributed by atoms with Crippen LogP contribution in [0.15, 0.2) is 54.7 Å². The van der Waals surface area contributed by atoms with Gasteiger partial charge in [-0.05, 0) is 43.5 Å². The van der Waals surface area contributed by atoms with Crippen molar-refractivity contribution in [3.63, 3.8) is 0 Å². The van der Waals surface area contributed by atoms with Crippen LogP contribution < -0.4 is 5.32 Å². The van der Waals surface area contributed by atoms with Gasteiger partial charge in [0, 0.05) is 11.9 Å². The highest BCUT2D eigenvalue weighted by atomic mass is 16.3. The van der Waals surface area contributed by atoms with Gasteiger partial charge in [-0.3, -0.25) is 0 Å². The fraction of sp³-hybridized carbons (Fsp3) is 0.222. The van der Waals surface area contributed by atoms with Crippen LogP contribution in [0.5, 0.6) is 5.88 Å². The van der Waals surface area contributed by atoms with E-state index in [4.69, 9.17) is 0 Å². The number of hydrogen-bond acceptors (Lipinski definition) is 4. The van der Waals surface area contributed by atoms with Crippen molar-refractivity contribution in [2.24, 2.45) is 0 Å². The Labute approximate surface area is 134 Å². The number of rotatable bonds is 3. The average molecular weight is 306 g/mol. The molecule has 4 rings (SSSR count). The first-order valence-corrected chi connectivity index (χ1v) is 7.86. The predicted octanol–water partition coefficient (Wildman–Crippen LogP) is 3.46. The van der Waals surface area contributed by atoms with Gasteiger partial charge in [0.1, 0.15) is 0 Å². The molecule has 5 heteroatoms. The molecule has 2 heterocycles. The van der Waals surface area contributed by atoms with Crippen LogP contribution >= 0.6 is 0 Å². The number of nitrogens with zero attached hydrogens (tertiary/aromatic N) is 3. The van der Waals surface area contributed by atoms with Crippen molar-refractivity contribution < 1.29 is 5.11 Å². The molecule has 1 unspecified atom stereocenters. The second kappa shape index (κ2) is 5.76. The van der Waals surface area contributed by atoms with E-state index in [0.717, 1.165) is 36.2 Å². The number of pyridine rings is 1. The molecule has 1 atom stereocenters. The molecule has 1 aromatic carbocycles. The Hall–Kier alpha value is -2.82. The van der Waals surface area contributed by atoms with Gasteiger partial charge in [-0.2, -0.15) is 9.78 Å². The lowest BCUT2D eigenvalue weighted by atomic mass is 9.92. The van der Waals surface area contributed by atoms with Crippen LogP contribution in [0.25, 0.3) is 5.82 Å². The third-order valence-corrected chi connectivity index (χ3v) is 4.21. The van der Waals surface area contributed by atoms with Crippen molar-refractivity contribution in [1.29, 1.82) is 0 Å². The third-order valence-electron chi connectivity index (χ3n) is 4.21. The zero-order valence-corrected chi connectivity index (χ0v) is 12.7. The number of nitrogens with one attached hydrogen (secondary N) is 1. The fourth-order valence-corrected chi connectivity index (χ4v) is 3.14. The summed E-state index contributed by atoms with van der Waals surface area (Å²) in [7, 11) is 0. The molecule has 0 saturated heterocycles. The van der Waals surface area contributed by atoms with Crippen LogP contribution in [0, 0.1) is 0 Å². The first-order valence-electron chi connectivity index (χ1n) is 7.86. The fourth-order valence-electron chi connectivity index (χ4n) is 3.14. The maximum Gasteiger partial charge on any atom is 0.221 e. The van der Waals surface area contributed by atoms with E-state index in [1.807, 2.05) is 48.5 Å². The van der Waals surface area contributed by atoms with E-state index in [-0.39, 0.29) is 11.9 Å². The molecule has 2 aromatic heterocycles. The molecule has 0 spiro atoms. The molecular formula is C18H18N4O. The van der Waals surface area contributed by atoms with Crippen molar-refractivity contribution in [3.05, 3.63) is 66.0 Å². The summed E-state index contributed by atoms with van der Waals surface area (Å²) in [5.41, 5.74) is 2.90. The smallest absolute Gasteiger partial charge is 0.221 e. The highest BCUT2D eigenvalue weighted by Crippen LogP contribution is 2.38. The topological polar surface area (TPSA) is 63.0 Å². The molecule has 116 valence electrons. The number of hydrogen-bond donors (Lipinski definition) is 2. The Morgan fingerprint density at radius 2 is 1.91 bits per heavy atom. The van der Waals surface area contributed by atoms with Crippen LogP contribution in [0.4, 0.5) is 5.69 Å². The average Bonchev–Trinajstić information content (AvgIpc) is 2.95. The van der Waals surface area contributed by atoms with Crippen molar-refractivity contribution in [1.82, 2.24) is 14.8 Å². The molecule has 0 saturated carbocycles. The number of benzene rings is 1. The quantitative estimate of drug-likeness (QED) is 0.778. The van der Waals surface area contributed by atoms with Gasteiger partial charge in [0.05, 0.1) is 17.3 Å². The first-order chi connectivity index (χ1) is 11.3. The summed E-state index contributed by atoms with van der Waals surface area (Å²) >= 11 is 0. The summed E-state index contributed by atoms with van der Waals surface area (Å²) < 4.78 is 1.54. The van der Waals surface area contributed by atoms with Crippen molar-refractivity contribution in [2.75, 3.05) is 5.32 Å². The minimum absolute atomic E-state index is 0.0682. The van der Waals surface area contributed by atoms with E-state index < -0.39 is 0 Å². The summed E-state index contributed by atoms with van der Waals surface area (Å²) in [6.45, 7) is 0. The van der Waals surface area contributed by atoms with Gasteiger partial charge in [-0.25, -0.2) is 4.98 Å². The Kier molecular flexibility index (Phi) is 3.46. The molecule has 0 fully saturated rings. The minimum Gasteiger partial charge on any atom is -0.493 e. The molecule has 5 nitrogen and oxygen atoms in total. The summed E-state index contributed by atoms with van der Waals surface area (Å²) in [6.07, 6.45) is 4.62. The van der Waals surface area contributed by atoms with E-state index in [1.165, 1.54) is 4.68 Å². The minimum atomic E-state index is 0.0682. The molecule has 0 radical (unpaired) electrons. The van der Waals surface area contributed by atoms with Crippen LogP contribution in [0.1, 0.15) is 30.1 Å². The standard InChI is InChI=1S/C18H18N4O/c23-18-17-14(20-13-7-2-1-3-8-13)9-6-10-15(17)21-22(18)16-11-4-5-12-19-16/h1-5,7-8,11-12,14,20,23H,6,9-10H2. The largest absolute Gasteiger partial charge is 0.493 e. The molecule has 3 aromatic rings. The van der Waals surface area contributed by atoms with Crippen LogP contribution in [-0.2, 0) is 6.42 Å². The lowest BCUT2D eigenvalue weighted by Gasteiger charge is -2.23. The molecule has 1 aliphatic carbocycles. The normalized spacial score (nSPS) is 16.8. The van der Waals surface area contributed by atoms with Crippen LogP contribution in [0.2, 0.25) is 0 Å². The summed E-state index contributed by atoms with van der Waals surface area (Å²) in [5.74, 6) is 0.824. The molecule has 0 amide bonds. The molecule has 0 aliphatic heterocycles. The highest BCUT2D eigenvalue weighted by Gasteiger charge is 2.29. The van der Waals surface area contributed by atoms with Crippen molar-refractivity contribution in [2.45, 2.75) is 25.3 Å². The predicted molar refractivity (Wildman–Crippen MR) is 88.8 cm³/mol. The van der Waals surface area contributed by atoms with Gasteiger partial charge in [0.25, 0.3) is 0 Å². The van der Waals surface area contributed by atoms with E-state index in [1.54, 1.807) is 6.20 Å². The SMILES string of the molecule is Oc1c2c(nn1-c1ccccn1)CCCC2Nc1ccccc1. The second-order valence-corrected chi connectivity index (χ2v) is 5.74. The van der Waals surface area contributed by atoms with Crippen molar-refractivity contribution >= 4 is 5.69 Å². The monoisotopic (exact) mass is 306 g/mol. The third kappa shape index (κ3) is 2.54. The summed E-state index contributed by atoms with van der Waals surface area (Å²) in [5, 5.41) is 18.8. The lowest BCUT2D eigenvalue weighted by Crippen LogP contribution is -2.16. The number of aromatic hydroxyl groups is 1. The van der Waals surface area contributed by atoms with Crippen LogP contribution in [0.3, 0.4) is 0 Å². The highest BCUT2D eigenvalue weighted by molar-refractivity contribution is 5.49. The molecule has 2 N–H and O–H groups in total. The summed E-state index contributed by atoms with van der Waals surface area (Å²) in [6, 6.07) is 15.7. The Balaban J connectivity index is 1.72. The molecule has 1 aliphatic rings. The van der Waals surface area contributed by atoms with Gasteiger partial charge in [0.15, 0.2) is 5.82 Å².